The third-order valence-electron chi connectivity index (χ3n) is 3.47. The Balaban J connectivity index is 1.82. The number of aromatic nitrogens is 1. The van der Waals surface area contributed by atoms with Crippen molar-refractivity contribution in [2.45, 2.75) is 0 Å². The summed E-state index contributed by atoms with van der Waals surface area (Å²) in [5.41, 5.74) is 2.91. The Labute approximate surface area is 144 Å². The molecule has 126 valence electrons. The van der Waals surface area contributed by atoms with Crippen LogP contribution in [0.4, 0.5) is 0 Å². The molecule has 0 aliphatic carbocycles. The van der Waals surface area contributed by atoms with Crippen molar-refractivity contribution in [3.8, 4) is 17.2 Å². The van der Waals surface area contributed by atoms with E-state index < -0.39 is 5.91 Å². The zero-order chi connectivity index (χ0) is 17.6. The van der Waals surface area contributed by atoms with Crippen LogP contribution in [0.15, 0.2) is 60.7 Å². The molecule has 0 radical (unpaired) electrons. The molecule has 0 fully saturated rings. The number of carbonyl (C=O) groups is 1. The van der Waals surface area contributed by atoms with Gasteiger partial charge in [-0.25, -0.2) is 10.5 Å². The van der Waals surface area contributed by atoms with Crippen LogP contribution >= 0.6 is 0 Å². The van der Waals surface area contributed by atoms with Crippen LogP contribution in [0, 0.1) is 0 Å². The molecule has 1 amide bonds. The van der Waals surface area contributed by atoms with E-state index in [0.717, 1.165) is 16.7 Å². The van der Waals surface area contributed by atoms with Crippen molar-refractivity contribution in [3.05, 3.63) is 66.4 Å². The molecule has 1 aromatic heterocycles. The molecule has 0 bridgehead atoms. The molecule has 6 heteroatoms. The molecule has 0 saturated carbocycles. The van der Waals surface area contributed by atoms with Gasteiger partial charge in [0.15, 0.2) is 0 Å². The van der Waals surface area contributed by atoms with Crippen molar-refractivity contribution in [2.75, 3.05) is 7.11 Å². The van der Waals surface area contributed by atoms with Crippen molar-refractivity contribution in [1.29, 1.82) is 0 Å². The highest BCUT2D eigenvalue weighted by atomic mass is 16.5. The minimum atomic E-state index is -0.607. The highest BCUT2D eigenvalue weighted by Crippen LogP contribution is 2.27. The summed E-state index contributed by atoms with van der Waals surface area (Å²) in [6.07, 6.45) is 2.72. The number of nitrogens with zero attached hydrogens (tertiary/aromatic N) is 1. The van der Waals surface area contributed by atoms with Crippen LogP contribution in [0.2, 0.25) is 0 Å². The molecule has 0 spiro atoms. The van der Waals surface area contributed by atoms with Gasteiger partial charge in [0.25, 0.3) is 5.91 Å². The van der Waals surface area contributed by atoms with Gasteiger partial charge in [-0.3, -0.25) is 10.0 Å². The Kier molecular flexibility index (Phi) is 4.92. The fraction of sp³-hybridized carbons (Fsp3) is 0.0526. The summed E-state index contributed by atoms with van der Waals surface area (Å²) in [6, 6.07) is 16.6. The molecule has 0 unspecified atom stereocenters. The summed E-state index contributed by atoms with van der Waals surface area (Å²) in [5, 5.41) is 9.38. The molecule has 2 aromatic carbocycles. The lowest BCUT2D eigenvalue weighted by atomic mass is 10.2. The third kappa shape index (κ3) is 4.13. The summed E-state index contributed by atoms with van der Waals surface area (Å²) >= 11 is 0. The number of pyridine rings is 1. The summed E-state index contributed by atoms with van der Waals surface area (Å²) in [6.45, 7) is 0. The lowest BCUT2D eigenvalue weighted by molar-refractivity contribution is -0.124. The van der Waals surface area contributed by atoms with Crippen LogP contribution in [0.1, 0.15) is 5.69 Å². The van der Waals surface area contributed by atoms with Crippen molar-refractivity contribution < 1.29 is 19.5 Å². The fourth-order valence-corrected chi connectivity index (χ4v) is 2.27. The van der Waals surface area contributed by atoms with Gasteiger partial charge in [0.2, 0.25) is 0 Å². The number of amides is 1. The molecule has 25 heavy (non-hydrogen) atoms. The second-order valence-corrected chi connectivity index (χ2v) is 5.18. The van der Waals surface area contributed by atoms with Gasteiger partial charge in [0.05, 0.1) is 18.3 Å². The number of nitrogens with one attached hydrogen (secondary N) is 1. The molecule has 3 rings (SSSR count). The lowest BCUT2D eigenvalue weighted by Gasteiger charge is -2.08. The molecule has 0 atom stereocenters. The number of hydrogen-bond acceptors (Lipinski definition) is 5. The maximum absolute atomic E-state index is 11.0. The Hall–Kier alpha value is -3.38. The number of methoxy groups -OCH3 is 1. The number of benzene rings is 2. The second kappa shape index (κ2) is 7.46. The van der Waals surface area contributed by atoms with Gasteiger partial charge in [-0.1, -0.05) is 12.1 Å². The first-order chi connectivity index (χ1) is 12.2. The maximum Gasteiger partial charge on any atom is 0.267 e. The summed E-state index contributed by atoms with van der Waals surface area (Å²) in [7, 11) is 1.61. The number of ether oxygens (including phenoxy) is 2. The van der Waals surface area contributed by atoms with Gasteiger partial charge in [-0.15, -0.1) is 0 Å². The summed E-state index contributed by atoms with van der Waals surface area (Å²) < 4.78 is 11.0. The third-order valence-corrected chi connectivity index (χ3v) is 3.47. The van der Waals surface area contributed by atoms with E-state index in [1.54, 1.807) is 13.2 Å². The molecule has 0 aliphatic heterocycles. The quantitative estimate of drug-likeness (QED) is 0.423. The molecule has 1 heterocycles. The zero-order valence-corrected chi connectivity index (χ0v) is 13.5. The van der Waals surface area contributed by atoms with Crippen molar-refractivity contribution >= 4 is 22.9 Å². The molecular weight excluding hydrogens is 320 g/mol. The van der Waals surface area contributed by atoms with E-state index >= 15 is 0 Å². The normalized spacial score (nSPS) is 10.8. The van der Waals surface area contributed by atoms with Crippen LogP contribution in [0.5, 0.6) is 17.2 Å². The van der Waals surface area contributed by atoms with Gasteiger partial charge in [-0.2, -0.15) is 0 Å². The van der Waals surface area contributed by atoms with E-state index in [9.17, 15) is 4.79 Å². The summed E-state index contributed by atoms with van der Waals surface area (Å²) in [4.78, 5) is 15.4. The first-order valence-electron chi connectivity index (χ1n) is 7.53. The maximum atomic E-state index is 11.0. The molecule has 2 N–H and O–H groups in total. The second-order valence-electron chi connectivity index (χ2n) is 5.18. The van der Waals surface area contributed by atoms with Gasteiger partial charge in [0, 0.05) is 17.5 Å². The van der Waals surface area contributed by atoms with E-state index in [0.29, 0.717) is 17.2 Å². The number of hydroxylamine groups is 1. The van der Waals surface area contributed by atoms with E-state index in [2.05, 4.69) is 4.98 Å². The molecule has 0 aliphatic rings. The van der Waals surface area contributed by atoms with Crippen molar-refractivity contribution in [1.82, 2.24) is 10.5 Å². The average molecular weight is 336 g/mol. The van der Waals surface area contributed by atoms with Crippen LogP contribution < -0.4 is 15.0 Å². The number of carbonyl (C=O) groups excluding carboxylic acids is 1. The average Bonchev–Trinajstić information content (AvgIpc) is 2.66. The number of rotatable bonds is 5. The zero-order valence-electron chi connectivity index (χ0n) is 13.5. The Morgan fingerprint density at radius 3 is 2.68 bits per heavy atom. The van der Waals surface area contributed by atoms with Gasteiger partial charge < -0.3 is 9.47 Å². The van der Waals surface area contributed by atoms with Gasteiger partial charge >= 0.3 is 0 Å². The first kappa shape index (κ1) is 16.5. The first-order valence-corrected chi connectivity index (χ1v) is 7.53. The predicted molar refractivity (Wildman–Crippen MR) is 93.8 cm³/mol. The Morgan fingerprint density at radius 1 is 1.08 bits per heavy atom. The van der Waals surface area contributed by atoms with Crippen molar-refractivity contribution in [2.24, 2.45) is 0 Å². The fourth-order valence-electron chi connectivity index (χ4n) is 2.27. The van der Waals surface area contributed by atoms with E-state index in [4.69, 9.17) is 14.7 Å². The Bertz CT molecular complexity index is 938. The number of fused-ring (bicyclic) bond motifs is 1. The van der Waals surface area contributed by atoms with E-state index in [1.165, 1.54) is 17.6 Å². The van der Waals surface area contributed by atoms with Crippen LogP contribution in [-0.2, 0) is 4.79 Å². The molecule has 3 aromatic rings. The van der Waals surface area contributed by atoms with Gasteiger partial charge in [0.1, 0.15) is 17.2 Å². The molecule has 0 saturated heterocycles. The van der Waals surface area contributed by atoms with Gasteiger partial charge in [-0.05, 0) is 42.5 Å². The minimum absolute atomic E-state index is 0.607. The Morgan fingerprint density at radius 2 is 1.88 bits per heavy atom. The smallest absolute Gasteiger partial charge is 0.267 e. The highest BCUT2D eigenvalue weighted by molar-refractivity contribution is 5.91. The molecular formula is C19H16N2O4. The van der Waals surface area contributed by atoms with Crippen LogP contribution in [0.25, 0.3) is 17.0 Å². The largest absolute Gasteiger partial charge is 0.497 e. The SMILES string of the molecule is COc1cccc(Oc2ccc3nc(/C=C/C(=O)NO)ccc3c2)c1. The minimum Gasteiger partial charge on any atom is -0.497 e. The standard InChI is InChI=1S/C19H16N2O4/c1-24-15-3-2-4-16(12-15)25-17-8-9-18-13(11-17)5-6-14(20-18)7-10-19(22)21-23/h2-12,23H,1H3,(H,21,22)/b10-7+. The highest BCUT2D eigenvalue weighted by Gasteiger charge is 2.03. The molecule has 6 nitrogen and oxygen atoms in total. The van der Waals surface area contributed by atoms with Crippen molar-refractivity contribution in [3.63, 3.8) is 0 Å². The van der Waals surface area contributed by atoms with Crippen LogP contribution in [-0.4, -0.2) is 23.2 Å². The number of hydrogen-bond donors (Lipinski definition) is 2. The topological polar surface area (TPSA) is 80.7 Å². The lowest BCUT2D eigenvalue weighted by Crippen LogP contribution is -2.14. The summed E-state index contributed by atoms with van der Waals surface area (Å²) in [5.74, 6) is 1.49. The van der Waals surface area contributed by atoms with Crippen LogP contribution in [0.3, 0.4) is 0 Å². The van der Waals surface area contributed by atoms with E-state index in [-0.39, 0.29) is 0 Å². The predicted octanol–water partition coefficient (Wildman–Crippen LogP) is 3.55. The monoisotopic (exact) mass is 336 g/mol. The van der Waals surface area contributed by atoms with E-state index in [1.807, 2.05) is 48.5 Å².